The third kappa shape index (κ3) is 5.12. The molecule has 2 N–H and O–H groups in total. The lowest BCUT2D eigenvalue weighted by molar-refractivity contribution is 0.0522. The van der Waals surface area contributed by atoms with E-state index in [0.29, 0.717) is 21.9 Å². The molecule has 1 aromatic carbocycles. The van der Waals surface area contributed by atoms with Gasteiger partial charge in [-0.2, -0.15) is 0 Å². The number of hydrogen-bond acceptors (Lipinski definition) is 6. The van der Waals surface area contributed by atoms with E-state index >= 15 is 0 Å². The van der Waals surface area contributed by atoms with Crippen molar-refractivity contribution in [3.8, 4) is 0 Å². The van der Waals surface area contributed by atoms with E-state index in [0.717, 1.165) is 0 Å². The molecule has 5 nitrogen and oxygen atoms in total. The summed E-state index contributed by atoms with van der Waals surface area (Å²) in [4.78, 5) is 12.3. The van der Waals surface area contributed by atoms with Gasteiger partial charge >= 0.3 is 5.97 Å². The van der Waals surface area contributed by atoms with Crippen molar-refractivity contribution >= 4 is 33.3 Å². The van der Waals surface area contributed by atoms with Gasteiger partial charge in [-0.15, -0.1) is 11.8 Å². The number of nitrogen functional groups attached to an aromatic ring is 1. The Balaban J connectivity index is 2.89. The summed E-state index contributed by atoms with van der Waals surface area (Å²) in [7, 11) is -3.03. The molecule has 0 heterocycles. The van der Waals surface area contributed by atoms with E-state index in [1.807, 2.05) is 0 Å². The summed E-state index contributed by atoms with van der Waals surface area (Å²) >= 11 is 1.25. The molecule has 0 bridgehead atoms. The van der Waals surface area contributed by atoms with E-state index in [-0.39, 0.29) is 12.4 Å². The lowest BCUT2D eigenvalue weighted by Gasteiger charge is -2.10. The summed E-state index contributed by atoms with van der Waals surface area (Å²) < 4.78 is 27.1. The number of sulfone groups is 1. The summed E-state index contributed by atoms with van der Waals surface area (Å²) in [5.74, 6) is -0.0649. The number of anilines is 1. The van der Waals surface area contributed by atoms with Crippen LogP contribution < -0.4 is 5.73 Å². The Morgan fingerprint density at radius 3 is 2.68 bits per heavy atom. The van der Waals surface area contributed by atoms with E-state index in [9.17, 15) is 13.2 Å². The molecule has 0 saturated heterocycles. The van der Waals surface area contributed by atoms with E-state index in [1.165, 1.54) is 18.0 Å². The standard InChI is InChI=1S/C12H17NO4S2/c1-3-17-12(14)9-5-4-6-10(13)11(9)18-7-8-19(2,15)16/h4-6H,3,7-8,13H2,1-2H3. The molecule has 0 spiro atoms. The van der Waals surface area contributed by atoms with E-state index in [1.54, 1.807) is 25.1 Å². The summed E-state index contributed by atoms with van der Waals surface area (Å²) in [5, 5.41) is 0. The predicted molar refractivity (Wildman–Crippen MR) is 77.2 cm³/mol. The molecule has 1 rings (SSSR count). The van der Waals surface area contributed by atoms with Gasteiger partial charge in [-0.05, 0) is 19.1 Å². The van der Waals surface area contributed by atoms with Gasteiger partial charge in [-0.25, -0.2) is 13.2 Å². The quantitative estimate of drug-likeness (QED) is 0.488. The zero-order valence-electron chi connectivity index (χ0n) is 10.9. The van der Waals surface area contributed by atoms with Crippen molar-refractivity contribution in [3.05, 3.63) is 23.8 Å². The van der Waals surface area contributed by atoms with Gasteiger partial charge in [-0.3, -0.25) is 0 Å². The number of ether oxygens (including phenoxy) is 1. The fourth-order valence-electron chi connectivity index (χ4n) is 1.38. The number of hydrogen-bond donors (Lipinski definition) is 1. The summed E-state index contributed by atoms with van der Waals surface area (Å²) in [5.41, 5.74) is 6.65. The van der Waals surface area contributed by atoms with Crippen molar-refractivity contribution in [2.45, 2.75) is 11.8 Å². The van der Waals surface area contributed by atoms with Crippen LogP contribution in [0.5, 0.6) is 0 Å². The maximum atomic E-state index is 11.8. The molecule has 0 amide bonds. The first-order valence-corrected chi connectivity index (χ1v) is 8.76. The maximum absolute atomic E-state index is 11.8. The van der Waals surface area contributed by atoms with E-state index < -0.39 is 15.8 Å². The fourth-order valence-corrected chi connectivity index (χ4v) is 3.67. The molecule has 19 heavy (non-hydrogen) atoms. The molecule has 0 radical (unpaired) electrons. The Hall–Kier alpha value is -1.21. The van der Waals surface area contributed by atoms with Crippen LogP contribution >= 0.6 is 11.8 Å². The lowest BCUT2D eigenvalue weighted by atomic mass is 10.2. The Bertz CT molecular complexity index is 555. The van der Waals surface area contributed by atoms with Gasteiger partial charge in [0.2, 0.25) is 0 Å². The van der Waals surface area contributed by atoms with Crippen LogP contribution in [0.15, 0.2) is 23.1 Å². The summed E-state index contributed by atoms with van der Waals surface area (Å²) in [6.45, 7) is 2.00. The Labute approximate surface area is 117 Å². The maximum Gasteiger partial charge on any atom is 0.339 e. The molecule has 7 heteroatoms. The third-order valence-electron chi connectivity index (χ3n) is 2.24. The van der Waals surface area contributed by atoms with Crippen LogP contribution in [0.25, 0.3) is 0 Å². The number of thioether (sulfide) groups is 1. The van der Waals surface area contributed by atoms with Crippen molar-refractivity contribution in [2.75, 3.05) is 30.1 Å². The second-order valence-electron chi connectivity index (χ2n) is 3.92. The molecule has 0 aromatic heterocycles. The summed E-state index contributed by atoms with van der Waals surface area (Å²) in [6, 6.07) is 4.96. The summed E-state index contributed by atoms with van der Waals surface area (Å²) in [6.07, 6.45) is 1.17. The molecule has 0 fully saturated rings. The SMILES string of the molecule is CCOC(=O)c1cccc(N)c1SCCS(C)(=O)=O. The lowest BCUT2D eigenvalue weighted by Crippen LogP contribution is -2.09. The number of benzene rings is 1. The topological polar surface area (TPSA) is 86.5 Å². The van der Waals surface area contributed by atoms with Gasteiger partial charge in [0.1, 0.15) is 9.84 Å². The third-order valence-corrected chi connectivity index (χ3v) is 4.60. The first-order chi connectivity index (χ1) is 8.85. The average Bonchev–Trinajstić information content (AvgIpc) is 2.30. The van der Waals surface area contributed by atoms with E-state index in [4.69, 9.17) is 10.5 Å². The fraction of sp³-hybridized carbons (Fsp3) is 0.417. The first kappa shape index (κ1) is 15.8. The number of rotatable bonds is 6. The van der Waals surface area contributed by atoms with Crippen molar-refractivity contribution in [1.29, 1.82) is 0 Å². The molecule has 0 aliphatic heterocycles. The second-order valence-corrected chi connectivity index (χ2v) is 7.29. The normalized spacial score (nSPS) is 11.3. The minimum atomic E-state index is -3.03. The Morgan fingerprint density at radius 1 is 1.42 bits per heavy atom. The van der Waals surface area contributed by atoms with Crippen molar-refractivity contribution in [1.82, 2.24) is 0 Å². The highest BCUT2D eigenvalue weighted by atomic mass is 32.2. The van der Waals surface area contributed by atoms with Crippen LogP contribution in [0.3, 0.4) is 0 Å². The molecule has 0 aliphatic carbocycles. The van der Waals surface area contributed by atoms with Gasteiger partial charge in [0, 0.05) is 22.6 Å². The number of nitrogens with two attached hydrogens (primary N) is 1. The Morgan fingerprint density at radius 2 is 2.11 bits per heavy atom. The monoisotopic (exact) mass is 303 g/mol. The van der Waals surface area contributed by atoms with Gasteiger partial charge in [-0.1, -0.05) is 6.07 Å². The van der Waals surface area contributed by atoms with Crippen molar-refractivity contribution in [2.24, 2.45) is 0 Å². The average molecular weight is 303 g/mol. The zero-order valence-corrected chi connectivity index (χ0v) is 12.5. The first-order valence-electron chi connectivity index (χ1n) is 5.71. The number of esters is 1. The van der Waals surface area contributed by atoms with Crippen LogP contribution in [-0.4, -0.2) is 38.8 Å². The molecule has 1 aromatic rings. The predicted octanol–water partition coefficient (Wildman–Crippen LogP) is 1.58. The highest BCUT2D eigenvalue weighted by Gasteiger charge is 2.15. The van der Waals surface area contributed by atoms with Gasteiger partial charge in [0.25, 0.3) is 0 Å². The van der Waals surface area contributed by atoms with Gasteiger partial charge in [0.15, 0.2) is 0 Å². The van der Waals surface area contributed by atoms with Crippen molar-refractivity contribution in [3.63, 3.8) is 0 Å². The largest absolute Gasteiger partial charge is 0.462 e. The number of carbonyl (C=O) groups excluding carboxylic acids is 1. The molecular weight excluding hydrogens is 286 g/mol. The van der Waals surface area contributed by atoms with E-state index in [2.05, 4.69) is 0 Å². The molecule has 0 aliphatic rings. The molecular formula is C12H17NO4S2. The second kappa shape index (κ2) is 6.81. The highest BCUT2D eigenvalue weighted by Crippen LogP contribution is 2.29. The number of carbonyl (C=O) groups is 1. The van der Waals surface area contributed by atoms with Gasteiger partial charge in [0.05, 0.1) is 17.9 Å². The minimum absolute atomic E-state index is 0.0360. The smallest absolute Gasteiger partial charge is 0.339 e. The Kier molecular flexibility index (Phi) is 5.68. The van der Waals surface area contributed by atoms with Crippen molar-refractivity contribution < 1.29 is 17.9 Å². The molecule has 0 saturated carbocycles. The van der Waals surface area contributed by atoms with Crippen LogP contribution in [0.2, 0.25) is 0 Å². The minimum Gasteiger partial charge on any atom is -0.462 e. The van der Waals surface area contributed by atoms with Gasteiger partial charge < -0.3 is 10.5 Å². The van der Waals surface area contributed by atoms with Crippen LogP contribution in [0.1, 0.15) is 17.3 Å². The zero-order chi connectivity index (χ0) is 14.5. The molecule has 0 unspecified atom stereocenters. The van der Waals surface area contributed by atoms with Crippen LogP contribution in [0, 0.1) is 0 Å². The van der Waals surface area contributed by atoms with Crippen LogP contribution in [0.4, 0.5) is 5.69 Å². The highest BCUT2D eigenvalue weighted by molar-refractivity contribution is 8.00. The molecule has 106 valence electrons. The van der Waals surface area contributed by atoms with Crippen LogP contribution in [-0.2, 0) is 14.6 Å². The molecule has 0 atom stereocenters.